The van der Waals surface area contributed by atoms with Crippen LogP contribution in [-0.4, -0.2) is 13.2 Å². The number of nitrogens with two attached hydrogens (primary N) is 1. The van der Waals surface area contributed by atoms with Gasteiger partial charge in [0.15, 0.2) is 0 Å². The Morgan fingerprint density at radius 3 is 2.45 bits per heavy atom. The van der Waals surface area contributed by atoms with Gasteiger partial charge in [-0.1, -0.05) is 18.2 Å². The Labute approximate surface area is 65.7 Å². The van der Waals surface area contributed by atoms with Crippen LogP contribution in [0.3, 0.4) is 0 Å². The summed E-state index contributed by atoms with van der Waals surface area (Å²) in [7, 11) is 0. The van der Waals surface area contributed by atoms with E-state index in [4.69, 9.17) is 10.6 Å². The number of benzene rings is 1. The van der Waals surface area contributed by atoms with Gasteiger partial charge < -0.3 is 9.57 Å². The lowest BCUT2D eigenvalue weighted by Crippen LogP contribution is -2.09. The van der Waals surface area contributed by atoms with Gasteiger partial charge in [0.25, 0.3) is 0 Å². The summed E-state index contributed by atoms with van der Waals surface area (Å²) in [4.78, 5) is 4.34. The molecule has 1 rings (SSSR count). The van der Waals surface area contributed by atoms with Crippen molar-refractivity contribution in [1.82, 2.24) is 0 Å². The second-order valence-electron chi connectivity index (χ2n) is 2.03. The molecule has 0 amide bonds. The van der Waals surface area contributed by atoms with Crippen molar-refractivity contribution in [2.45, 2.75) is 0 Å². The van der Waals surface area contributed by atoms with Crippen molar-refractivity contribution in [2.24, 2.45) is 5.90 Å². The van der Waals surface area contributed by atoms with Gasteiger partial charge in [0.1, 0.15) is 19.0 Å². The van der Waals surface area contributed by atoms with Gasteiger partial charge in [0.05, 0.1) is 0 Å². The number of para-hydroxylation sites is 1. The first-order valence-corrected chi connectivity index (χ1v) is 3.43. The van der Waals surface area contributed by atoms with Gasteiger partial charge in [0, 0.05) is 0 Å². The molecule has 2 N–H and O–H groups in total. The highest BCUT2D eigenvalue weighted by molar-refractivity contribution is 5.20. The van der Waals surface area contributed by atoms with Gasteiger partial charge in [-0.15, -0.1) is 0 Å². The van der Waals surface area contributed by atoms with Crippen molar-refractivity contribution in [1.29, 1.82) is 0 Å². The number of rotatable bonds is 4. The Morgan fingerprint density at radius 1 is 1.09 bits per heavy atom. The first-order chi connectivity index (χ1) is 5.43. The number of hydrogen-bond donors (Lipinski definition) is 1. The van der Waals surface area contributed by atoms with E-state index in [1.807, 2.05) is 30.3 Å². The molecule has 0 unspecified atom stereocenters. The average Bonchev–Trinajstić information content (AvgIpc) is 2.07. The van der Waals surface area contributed by atoms with E-state index in [0.29, 0.717) is 13.2 Å². The summed E-state index contributed by atoms with van der Waals surface area (Å²) in [6.07, 6.45) is 0. The summed E-state index contributed by atoms with van der Waals surface area (Å²) in [6.45, 7) is 0.898. The first-order valence-electron chi connectivity index (χ1n) is 3.43. The molecule has 1 aromatic carbocycles. The highest BCUT2D eigenvalue weighted by Gasteiger charge is 1.88. The van der Waals surface area contributed by atoms with E-state index in [1.54, 1.807) is 0 Å². The molecule has 0 aliphatic heterocycles. The van der Waals surface area contributed by atoms with Gasteiger partial charge >= 0.3 is 0 Å². The lowest BCUT2D eigenvalue weighted by atomic mass is 10.3. The van der Waals surface area contributed by atoms with Crippen LogP contribution in [0.1, 0.15) is 0 Å². The van der Waals surface area contributed by atoms with Crippen molar-refractivity contribution in [3.05, 3.63) is 30.3 Å². The molecule has 11 heavy (non-hydrogen) atoms. The zero-order valence-corrected chi connectivity index (χ0v) is 6.19. The Hall–Kier alpha value is -1.06. The average molecular weight is 153 g/mol. The standard InChI is InChI=1S/C8H11NO2/c9-11-7-6-10-8-4-2-1-3-5-8/h1-5H,6-7,9H2. The van der Waals surface area contributed by atoms with Crippen molar-refractivity contribution in [2.75, 3.05) is 13.2 Å². The summed E-state index contributed by atoms with van der Waals surface area (Å²) < 4.78 is 5.24. The molecule has 0 fully saturated rings. The van der Waals surface area contributed by atoms with E-state index in [9.17, 15) is 0 Å². The van der Waals surface area contributed by atoms with Crippen LogP contribution < -0.4 is 10.6 Å². The second kappa shape index (κ2) is 4.71. The molecule has 60 valence electrons. The lowest BCUT2D eigenvalue weighted by molar-refractivity contribution is 0.102. The van der Waals surface area contributed by atoms with Crippen LogP contribution in [-0.2, 0) is 4.84 Å². The topological polar surface area (TPSA) is 44.5 Å². The SMILES string of the molecule is NOCCOc1ccccc1. The summed E-state index contributed by atoms with van der Waals surface area (Å²) >= 11 is 0. The predicted molar refractivity (Wildman–Crippen MR) is 42.1 cm³/mol. The van der Waals surface area contributed by atoms with E-state index >= 15 is 0 Å². The zero-order chi connectivity index (χ0) is 7.94. The maximum atomic E-state index is 5.24. The van der Waals surface area contributed by atoms with Gasteiger partial charge in [-0.25, -0.2) is 5.90 Å². The monoisotopic (exact) mass is 153 g/mol. The molecular weight excluding hydrogens is 142 g/mol. The van der Waals surface area contributed by atoms with Crippen LogP contribution >= 0.6 is 0 Å². The van der Waals surface area contributed by atoms with Crippen molar-refractivity contribution in [3.63, 3.8) is 0 Å². The van der Waals surface area contributed by atoms with Crippen LogP contribution in [0.15, 0.2) is 30.3 Å². The fourth-order valence-corrected chi connectivity index (χ4v) is 0.724. The van der Waals surface area contributed by atoms with E-state index < -0.39 is 0 Å². The highest BCUT2D eigenvalue weighted by Crippen LogP contribution is 2.07. The number of hydrogen-bond acceptors (Lipinski definition) is 3. The Balaban J connectivity index is 2.28. The van der Waals surface area contributed by atoms with Gasteiger partial charge in [-0.3, -0.25) is 0 Å². The third-order valence-electron chi connectivity index (χ3n) is 1.21. The molecule has 0 saturated heterocycles. The quantitative estimate of drug-likeness (QED) is 0.517. The molecule has 0 bridgehead atoms. The molecular formula is C8H11NO2. The fraction of sp³-hybridized carbons (Fsp3) is 0.250. The van der Waals surface area contributed by atoms with Gasteiger partial charge in [-0.05, 0) is 12.1 Å². The third kappa shape index (κ3) is 3.02. The highest BCUT2D eigenvalue weighted by atomic mass is 16.6. The Bertz CT molecular complexity index is 189. The van der Waals surface area contributed by atoms with E-state index in [2.05, 4.69) is 4.84 Å². The lowest BCUT2D eigenvalue weighted by Gasteiger charge is -2.03. The summed E-state index contributed by atoms with van der Waals surface area (Å²) in [5, 5.41) is 0. The molecule has 3 heteroatoms. The van der Waals surface area contributed by atoms with Crippen LogP contribution in [0.4, 0.5) is 0 Å². The van der Waals surface area contributed by atoms with Crippen LogP contribution in [0.5, 0.6) is 5.75 Å². The normalized spacial score (nSPS) is 9.55. The fourth-order valence-electron chi connectivity index (χ4n) is 0.724. The maximum Gasteiger partial charge on any atom is 0.119 e. The van der Waals surface area contributed by atoms with Gasteiger partial charge in [0.2, 0.25) is 0 Å². The third-order valence-corrected chi connectivity index (χ3v) is 1.21. The minimum absolute atomic E-state index is 0.412. The molecule has 0 saturated carbocycles. The summed E-state index contributed by atoms with van der Waals surface area (Å²) in [5.41, 5.74) is 0. The summed E-state index contributed by atoms with van der Waals surface area (Å²) in [5.74, 6) is 5.65. The number of ether oxygens (including phenoxy) is 1. The van der Waals surface area contributed by atoms with Crippen molar-refractivity contribution >= 4 is 0 Å². The minimum atomic E-state index is 0.412. The molecule has 0 atom stereocenters. The largest absolute Gasteiger partial charge is 0.491 e. The van der Waals surface area contributed by atoms with E-state index in [1.165, 1.54) is 0 Å². The van der Waals surface area contributed by atoms with Crippen LogP contribution in [0, 0.1) is 0 Å². The molecule has 0 aliphatic rings. The minimum Gasteiger partial charge on any atom is -0.491 e. The van der Waals surface area contributed by atoms with Gasteiger partial charge in [-0.2, -0.15) is 0 Å². The summed E-state index contributed by atoms with van der Waals surface area (Å²) in [6, 6.07) is 9.54. The maximum absolute atomic E-state index is 5.24. The van der Waals surface area contributed by atoms with Crippen LogP contribution in [0.25, 0.3) is 0 Å². The molecule has 0 aromatic heterocycles. The van der Waals surface area contributed by atoms with E-state index in [-0.39, 0.29) is 0 Å². The molecule has 0 aliphatic carbocycles. The predicted octanol–water partition coefficient (Wildman–Crippen LogP) is 0.956. The van der Waals surface area contributed by atoms with Crippen molar-refractivity contribution in [3.8, 4) is 5.75 Å². The van der Waals surface area contributed by atoms with Crippen molar-refractivity contribution < 1.29 is 9.57 Å². The second-order valence-corrected chi connectivity index (χ2v) is 2.03. The Morgan fingerprint density at radius 2 is 1.82 bits per heavy atom. The molecule has 1 aromatic rings. The van der Waals surface area contributed by atoms with E-state index in [0.717, 1.165) is 5.75 Å². The molecule has 0 heterocycles. The molecule has 0 radical (unpaired) electrons. The molecule has 3 nitrogen and oxygen atoms in total. The molecule has 0 spiro atoms. The first kappa shape index (κ1) is 8.04. The smallest absolute Gasteiger partial charge is 0.119 e. The van der Waals surface area contributed by atoms with Crippen LogP contribution in [0.2, 0.25) is 0 Å². The Kier molecular flexibility index (Phi) is 3.44. The zero-order valence-electron chi connectivity index (χ0n) is 6.19.